The molecule has 1 radical (unpaired) electrons. The number of carbonyl (C=O) groups excluding carboxylic acids is 1. The maximum absolute atomic E-state index is 12.7. The van der Waals surface area contributed by atoms with Gasteiger partial charge < -0.3 is 0 Å². The van der Waals surface area contributed by atoms with Crippen LogP contribution in [0.1, 0.15) is 10.4 Å². The van der Waals surface area contributed by atoms with E-state index in [4.69, 9.17) is 4.74 Å². The Labute approximate surface area is 142 Å². The molecule has 3 heterocycles. The van der Waals surface area contributed by atoms with Gasteiger partial charge in [-0.1, -0.05) is 0 Å². The zero-order chi connectivity index (χ0) is 15.8. The fraction of sp³-hybridized carbons (Fsp3) is 0.0667. The molecule has 7 nitrogen and oxygen atoms in total. The van der Waals surface area contributed by atoms with Gasteiger partial charge in [0.05, 0.1) is 0 Å². The van der Waals surface area contributed by atoms with E-state index in [0.29, 0.717) is 22.6 Å². The number of ether oxygens (including phenoxy) is 1. The molecular formula is C15H11InN5O2. The standard InChI is InChI=1S/C15H11N5O2.In/c1-9-6-10(13(22-2)7-11(9)16)15(21)19-12-8-18-20-5-3-4-17-14(12)20;/h1,3-8H,2H3,(H,19,21);/q-1;+1. The van der Waals surface area contributed by atoms with Crippen LogP contribution in [0.15, 0.2) is 39.8 Å². The van der Waals surface area contributed by atoms with Gasteiger partial charge in [0.1, 0.15) is 0 Å². The second kappa shape index (κ2) is 5.69. The first-order valence-corrected chi connectivity index (χ1v) is 10.3. The summed E-state index contributed by atoms with van der Waals surface area (Å²) in [4.78, 5) is 16.9. The van der Waals surface area contributed by atoms with Crippen molar-refractivity contribution in [3.63, 3.8) is 0 Å². The van der Waals surface area contributed by atoms with Gasteiger partial charge in [-0.05, 0) is 0 Å². The number of nitrogens with one attached hydrogen (secondary N) is 1. The number of anilines is 1. The van der Waals surface area contributed by atoms with E-state index >= 15 is 0 Å². The van der Waals surface area contributed by atoms with Gasteiger partial charge in [-0.15, -0.1) is 0 Å². The van der Waals surface area contributed by atoms with Gasteiger partial charge in [0, 0.05) is 0 Å². The average molecular weight is 408 g/mol. The van der Waals surface area contributed by atoms with Gasteiger partial charge >= 0.3 is 142 Å². The minimum absolute atomic E-state index is 0.252. The van der Waals surface area contributed by atoms with Gasteiger partial charge in [-0.3, -0.25) is 0 Å². The van der Waals surface area contributed by atoms with E-state index in [0.717, 1.165) is 10.6 Å². The summed E-state index contributed by atoms with van der Waals surface area (Å²) in [5.74, 6) is 0.269. The number of hydrogen-bond acceptors (Lipinski definition) is 5. The Morgan fingerprint density at radius 3 is 3.17 bits per heavy atom. The molecule has 1 aliphatic heterocycles. The second-order valence-electron chi connectivity index (χ2n) is 4.96. The number of rotatable bonds is 3. The van der Waals surface area contributed by atoms with Crippen LogP contribution in [0, 0.1) is 0 Å². The van der Waals surface area contributed by atoms with E-state index in [1.165, 1.54) is 0 Å². The molecule has 0 saturated carbocycles. The van der Waals surface area contributed by atoms with Crippen LogP contribution in [0.3, 0.4) is 0 Å². The Morgan fingerprint density at radius 1 is 1.39 bits per heavy atom. The molecule has 4 rings (SSSR count). The first-order chi connectivity index (χ1) is 11.3. The van der Waals surface area contributed by atoms with E-state index in [2.05, 4.69) is 22.2 Å². The van der Waals surface area contributed by atoms with Gasteiger partial charge in [0.15, 0.2) is 0 Å². The van der Waals surface area contributed by atoms with Crippen molar-refractivity contribution in [1.82, 2.24) is 14.6 Å². The monoisotopic (exact) mass is 408 g/mol. The number of carbonyl (C=O) groups is 1. The van der Waals surface area contributed by atoms with Gasteiger partial charge in [0.2, 0.25) is 0 Å². The molecule has 1 amide bonds. The molecule has 1 aromatic carbocycles. The van der Waals surface area contributed by atoms with Crippen LogP contribution >= 0.6 is 0 Å². The number of benzene rings is 1. The Kier molecular flexibility index (Phi) is 3.53. The molecule has 1 N–H and O–H groups in total. The van der Waals surface area contributed by atoms with Crippen LogP contribution in [-0.2, 0) is 0 Å². The predicted octanol–water partition coefficient (Wildman–Crippen LogP) is -0.0194. The summed E-state index contributed by atoms with van der Waals surface area (Å²) in [7, 11) is 1.55. The molecule has 0 fully saturated rings. The van der Waals surface area contributed by atoms with Crippen LogP contribution in [-0.4, -0.2) is 50.8 Å². The molecule has 1 aliphatic rings. The number of methoxy groups -OCH3 is 1. The summed E-state index contributed by atoms with van der Waals surface area (Å²) < 4.78 is 13.6. The molecule has 0 aliphatic carbocycles. The number of amides is 1. The predicted molar refractivity (Wildman–Crippen MR) is 84.9 cm³/mol. The summed E-state index contributed by atoms with van der Waals surface area (Å²) in [5.41, 5.74) is 1.64. The quantitative estimate of drug-likeness (QED) is 0.661. The molecule has 0 saturated heterocycles. The average Bonchev–Trinajstić information content (AvgIpc) is 3.20. The molecule has 0 unspecified atom stereocenters. The van der Waals surface area contributed by atoms with Gasteiger partial charge in [-0.2, -0.15) is 0 Å². The SMILES string of the molecule is COc1cc2c(cc1C(=O)Nc1cnn3cccnc13)=[CH][In][N]=2. The van der Waals surface area contributed by atoms with Crippen LogP contribution in [0.5, 0.6) is 5.75 Å². The fourth-order valence-corrected chi connectivity index (χ4v) is 5.01. The van der Waals surface area contributed by atoms with Crippen LogP contribution < -0.4 is 20.6 Å². The zero-order valence-corrected chi connectivity index (χ0v) is 15.5. The van der Waals surface area contributed by atoms with Crippen molar-refractivity contribution >= 4 is 44.3 Å². The minimum atomic E-state index is -0.998. The Hall–Kier alpha value is -2.35. The third-order valence-electron chi connectivity index (χ3n) is 3.59. The van der Waals surface area contributed by atoms with E-state index < -0.39 is 23.2 Å². The molecular weight excluding hydrogens is 397 g/mol. The molecule has 23 heavy (non-hydrogen) atoms. The fourth-order valence-electron chi connectivity index (χ4n) is 2.48. The Balaban J connectivity index is 1.74. The Bertz CT molecular complexity index is 1040. The molecule has 2 aromatic heterocycles. The Morgan fingerprint density at radius 2 is 2.30 bits per heavy atom. The first kappa shape index (κ1) is 14.3. The molecule has 3 aromatic rings. The van der Waals surface area contributed by atoms with Crippen molar-refractivity contribution in [2.75, 3.05) is 12.4 Å². The summed E-state index contributed by atoms with van der Waals surface area (Å²) in [6.07, 6.45) is 5.01. The summed E-state index contributed by atoms with van der Waals surface area (Å²) in [5, 5.41) is 8.97. The van der Waals surface area contributed by atoms with Crippen LogP contribution in [0.2, 0.25) is 0 Å². The third kappa shape index (κ3) is 2.48. The molecule has 0 bridgehead atoms. The summed E-state index contributed by atoms with van der Waals surface area (Å²) in [6.45, 7) is 0. The first-order valence-electron chi connectivity index (χ1n) is 6.95. The van der Waals surface area contributed by atoms with Crippen molar-refractivity contribution in [1.29, 1.82) is 0 Å². The number of nitrogens with zero attached hydrogens (tertiary/aromatic N) is 4. The maximum atomic E-state index is 12.7. The second-order valence-corrected chi connectivity index (χ2v) is 7.50. The molecule has 0 atom stereocenters. The molecule has 111 valence electrons. The van der Waals surface area contributed by atoms with E-state index in [1.807, 2.05) is 12.1 Å². The van der Waals surface area contributed by atoms with E-state index in [9.17, 15) is 4.79 Å². The van der Waals surface area contributed by atoms with Crippen molar-refractivity contribution in [3.8, 4) is 5.75 Å². The van der Waals surface area contributed by atoms with E-state index in [-0.39, 0.29) is 5.91 Å². The molecule has 0 spiro atoms. The van der Waals surface area contributed by atoms with Crippen molar-refractivity contribution < 1.29 is 9.53 Å². The molecule has 8 heteroatoms. The van der Waals surface area contributed by atoms with Crippen molar-refractivity contribution in [3.05, 3.63) is 52.9 Å². The van der Waals surface area contributed by atoms with Crippen molar-refractivity contribution in [2.24, 2.45) is 2.98 Å². The van der Waals surface area contributed by atoms with Crippen LogP contribution in [0.4, 0.5) is 5.69 Å². The topological polar surface area (TPSA) is 80.9 Å². The third-order valence-corrected chi connectivity index (χ3v) is 6.26. The van der Waals surface area contributed by atoms with Gasteiger partial charge in [-0.25, -0.2) is 0 Å². The van der Waals surface area contributed by atoms with Gasteiger partial charge in [0.25, 0.3) is 0 Å². The summed E-state index contributed by atoms with van der Waals surface area (Å²) >= 11 is -0.998. The normalized spacial score (nSPS) is 12.0. The zero-order valence-electron chi connectivity index (χ0n) is 12.2. The van der Waals surface area contributed by atoms with Crippen molar-refractivity contribution in [2.45, 2.75) is 0 Å². The summed E-state index contributed by atoms with van der Waals surface area (Å²) in [6, 6.07) is 5.44. The van der Waals surface area contributed by atoms with E-state index in [1.54, 1.807) is 36.3 Å². The number of hydrogen-bond donors (Lipinski definition) is 1. The number of aromatic nitrogens is 3. The number of fused-ring (bicyclic) bond motifs is 2. The van der Waals surface area contributed by atoms with Crippen LogP contribution in [0.25, 0.3) is 9.48 Å².